The number of benzene rings is 3. The molecule has 2 aliphatic heterocycles. The van der Waals surface area contributed by atoms with Crippen molar-refractivity contribution in [3.05, 3.63) is 41.5 Å². The number of hydrogen-bond acceptors (Lipinski definition) is 5. The van der Waals surface area contributed by atoms with Crippen LogP contribution in [0.15, 0.2) is 30.3 Å². The molecule has 0 aliphatic carbocycles. The van der Waals surface area contributed by atoms with Gasteiger partial charge in [0.2, 0.25) is 0 Å². The molecule has 0 bridgehead atoms. The van der Waals surface area contributed by atoms with E-state index < -0.39 is 5.54 Å². The Hall–Kier alpha value is -2.86. The number of rotatable bonds is 3. The Morgan fingerprint density at radius 1 is 0.900 bits per heavy atom. The number of ether oxygens (including phenoxy) is 3. The molecule has 5 rings (SSSR count). The summed E-state index contributed by atoms with van der Waals surface area (Å²) in [4.78, 5) is 16.8. The van der Waals surface area contributed by atoms with Crippen LogP contribution in [0.25, 0.3) is 21.5 Å². The SMILES string of the molecule is COc1ccc2c3c(c4cc(OC)c(OC)cc4c2c1)C(=O)C1(C)CCCN1C3=S. The highest BCUT2D eigenvalue weighted by Crippen LogP contribution is 2.47. The smallest absolute Gasteiger partial charge is 0.189 e. The van der Waals surface area contributed by atoms with Crippen LogP contribution >= 0.6 is 12.2 Å². The van der Waals surface area contributed by atoms with Crippen molar-refractivity contribution in [1.82, 2.24) is 4.90 Å². The van der Waals surface area contributed by atoms with Crippen LogP contribution in [0.3, 0.4) is 0 Å². The normalized spacial score (nSPS) is 20.5. The van der Waals surface area contributed by atoms with Crippen molar-refractivity contribution in [2.75, 3.05) is 27.9 Å². The summed E-state index contributed by atoms with van der Waals surface area (Å²) in [6.45, 7) is 2.82. The van der Waals surface area contributed by atoms with E-state index in [-0.39, 0.29) is 5.78 Å². The minimum atomic E-state index is -0.593. The zero-order valence-electron chi connectivity index (χ0n) is 17.5. The van der Waals surface area contributed by atoms with Crippen LogP contribution in [0.4, 0.5) is 0 Å². The summed E-state index contributed by atoms with van der Waals surface area (Å²) in [6, 6.07) is 9.76. The number of nitrogens with zero attached hydrogens (tertiary/aromatic N) is 1. The van der Waals surface area contributed by atoms with Gasteiger partial charge in [-0.15, -0.1) is 0 Å². The zero-order chi connectivity index (χ0) is 21.2. The summed E-state index contributed by atoms with van der Waals surface area (Å²) in [5, 5.41) is 3.69. The first kappa shape index (κ1) is 19.1. The second-order valence-corrected chi connectivity index (χ2v) is 8.46. The molecule has 0 radical (unpaired) electrons. The van der Waals surface area contributed by atoms with Gasteiger partial charge >= 0.3 is 0 Å². The summed E-state index contributed by atoms with van der Waals surface area (Å²) in [7, 11) is 4.87. The summed E-state index contributed by atoms with van der Waals surface area (Å²) in [5.41, 5.74) is 0.936. The van der Waals surface area contributed by atoms with E-state index in [1.54, 1.807) is 21.3 Å². The highest BCUT2D eigenvalue weighted by Gasteiger charge is 2.50. The van der Waals surface area contributed by atoms with Gasteiger partial charge in [0.1, 0.15) is 16.3 Å². The first-order valence-electron chi connectivity index (χ1n) is 10.0. The lowest BCUT2D eigenvalue weighted by Crippen LogP contribution is -2.54. The molecule has 6 heteroatoms. The van der Waals surface area contributed by atoms with Gasteiger partial charge in [0, 0.05) is 17.7 Å². The predicted octanol–water partition coefficient (Wildman–Crippen LogP) is 4.75. The van der Waals surface area contributed by atoms with E-state index in [9.17, 15) is 4.79 Å². The molecule has 1 unspecified atom stereocenters. The van der Waals surface area contributed by atoms with Gasteiger partial charge in [0.25, 0.3) is 0 Å². The Morgan fingerprint density at radius 2 is 1.57 bits per heavy atom. The Labute approximate surface area is 180 Å². The average Bonchev–Trinajstić information content (AvgIpc) is 3.18. The maximum absolute atomic E-state index is 13.9. The minimum absolute atomic E-state index is 0.124. The molecule has 154 valence electrons. The van der Waals surface area contributed by atoms with Gasteiger partial charge in [-0.3, -0.25) is 4.79 Å². The highest BCUT2D eigenvalue weighted by molar-refractivity contribution is 7.80. The van der Waals surface area contributed by atoms with Crippen molar-refractivity contribution in [3.8, 4) is 17.2 Å². The fraction of sp³-hybridized carbons (Fsp3) is 0.333. The van der Waals surface area contributed by atoms with Gasteiger partial charge in [0.15, 0.2) is 17.3 Å². The lowest BCUT2D eigenvalue weighted by Gasteiger charge is -2.41. The second-order valence-electron chi connectivity index (χ2n) is 8.08. The maximum atomic E-state index is 13.9. The van der Waals surface area contributed by atoms with E-state index in [1.165, 1.54) is 0 Å². The molecule has 3 aromatic rings. The van der Waals surface area contributed by atoms with Gasteiger partial charge in [-0.25, -0.2) is 0 Å². The minimum Gasteiger partial charge on any atom is -0.497 e. The van der Waals surface area contributed by atoms with E-state index in [0.29, 0.717) is 17.1 Å². The second kappa shape index (κ2) is 6.57. The molecule has 0 N–H and O–H groups in total. The number of ketones is 1. The Kier molecular flexibility index (Phi) is 4.19. The summed E-state index contributed by atoms with van der Waals surface area (Å²) >= 11 is 5.97. The third kappa shape index (κ3) is 2.34. The first-order chi connectivity index (χ1) is 14.4. The lowest BCUT2D eigenvalue weighted by atomic mass is 9.78. The number of carbonyl (C=O) groups excluding carboxylic acids is 1. The molecule has 3 aromatic carbocycles. The fourth-order valence-corrected chi connectivity index (χ4v) is 5.56. The third-order valence-electron chi connectivity index (χ3n) is 6.65. The number of carbonyl (C=O) groups is 1. The van der Waals surface area contributed by atoms with Gasteiger partial charge < -0.3 is 19.1 Å². The van der Waals surface area contributed by atoms with E-state index >= 15 is 0 Å². The van der Waals surface area contributed by atoms with Crippen LogP contribution in [0.2, 0.25) is 0 Å². The van der Waals surface area contributed by atoms with E-state index in [4.69, 9.17) is 26.4 Å². The first-order valence-corrected chi connectivity index (χ1v) is 10.4. The van der Waals surface area contributed by atoms with Crippen molar-refractivity contribution >= 4 is 44.5 Å². The van der Waals surface area contributed by atoms with Crippen molar-refractivity contribution in [2.24, 2.45) is 0 Å². The van der Waals surface area contributed by atoms with Crippen LogP contribution in [-0.4, -0.2) is 49.1 Å². The van der Waals surface area contributed by atoms with Crippen LogP contribution in [0.5, 0.6) is 17.2 Å². The van der Waals surface area contributed by atoms with E-state index in [0.717, 1.165) is 57.2 Å². The van der Waals surface area contributed by atoms with Crippen LogP contribution in [0, 0.1) is 0 Å². The summed E-state index contributed by atoms with van der Waals surface area (Å²) in [5.74, 6) is 2.08. The maximum Gasteiger partial charge on any atom is 0.189 e. The Balaban J connectivity index is 1.99. The molecule has 1 fully saturated rings. The average molecular weight is 422 g/mol. The molecule has 2 aliphatic rings. The topological polar surface area (TPSA) is 48.0 Å². The standard InChI is InChI=1S/C24H23NO4S/c1-24-8-5-9-25(24)23(30)21-14-7-6-13(27-2)10-15(14)16-11-18(28-3)19(29-4)12-17(16)20(21)22(24)26/h6-7,10-12H,5,8-9H2,1-4H3. The Morgan fingerprint density at radius 3 is 2.23 bits per heavy atom. The monoisotopic (exact) mass is 421 g/mol. The van der Waals surface area contributed by atoms with Gasteiger partial charge in [-0.05, 0) is 71.6 Å². The van der Waals surface area contributed by atoms with Crippen molar-refractivity contribution in [1.29, 1.82) is 0 Å². The largest absolute Gasteiger partial charge is 0.497 e. The van der Waals surface area contributed by atoms with Crippen LogP contribution < -0.4 is 14.2 Å². The molecule has 0 aromatic heterocycles. The highest BCUT2D eigenvalue weighted by atomic mass is 32.1. The molecule has 0 spiro atoms. The quantitative estimate of drug-likeness (QED) is 0.450. The van der Waals surface area contributed by atoms with Gasteiger partial charge in [-0.1, -0.05) is 12.2 Å². The molecular weight excluding hydrogens is 398 g/mol. The molecule has 30 heavy (non-hydrogen) atoms. The van der Waals surface area contributed by atoms with E-state index in [2.05, 4.69) is 4.90 Å². The van der Waals surface area contributed by atoms with Crippen LogP contribution in [0.1, 0.15) is 35.7 Å². The fourth-order valence-electron chi connectivity index (χ4n) is 5.06. The summed E-state index contributed by atoms with van der Waals surface area (Å²) < 4.78 is 16.6. The predicted molar refractivity (Wildman–Crippen MR) is 121 cm³/mol. The van der Waals surface area contributed by atoms with Crippen molar-refractivity contribution < 1.29 is 19.0 Å². The van der Waals surface area contributed by atoms with Crippen molar-refractivity contribution in [3.63, 3.8) is 0 Å². The Bertz CT molecular complexity index is 1250. The van der Waals surface area contributed by atoms with Gasteiger partial charge in [-0.2, -0.15) is 0 Å². The molecular formula is C24H23NO4S. The molecule has 5 nitrogen and oxygen atoms in total. The molecule has 1 atom stereocenters. The molecule has 0 amide bonds. The number of methoxy groups -OCH3 is 3. The van der Waals surface area contributed by atoms with E-state index in [1.807, 2.05) is 37.3 Å². The number of thiocarbonyl (C=S) groups is 1. The lowest BCUT2D eigenvalue weighted by molar-refractivity contribution is 0.0799. The van der Waals surface area contributed by atoms with Gasteiger partial charge in [0.05, 0.1) is 21.3 Å². The number of fused-ring (bicyclic) bond motifs is 7. The number of hydrogen-bond donors (Lipinski definition) is 0. The molecule has 0 saturated carbocycles. The van der Waals surface area contributed by atoms with Crippen molar-refractivity contribution in [2.45, 2.75) is 25.3 Å². The summed E-state index contributed by atoms with van der Waals surface area (Å²) in [6.07, 6.45) is 1.76. The number of Topliss-reactive ketones (excluding diaryl/α,β-unsaturated/α-hetero) is 1. The third-order valence-corrected chi connectivity index (χ3v) is 7.07. The van der Waals surface area contributed by atoms with Crippen LogP contribution in [-0.2, 0) is 0 Å². The molecule has 1 saturated heterocycles. The molecule has 2 heterocycles. The zero-order valence-corrected chi connectivity index (χ0v) is 18.3.